The zero-order valence-corrected chi connectivity index (χ0v) is 15.8. The number of hydrogen-bond acceptors (Lipinski definition) is 4. The third-order valence-electron chi connectivity index (χ3n) is 5.36. The number of benzene rings is 2. The Hall–Kier alpha value is -2.40. The minimum Gasteiger partial charge on any atom is -0.378 e. The average molecular weight is 367 g/mol. The Labute approximate surface area is 160 Å². The van der Waals surface area contributed by atoms with Crippen LogP contribution in [-0.2, 0) is 4.74 Å². The lowest BCUT2D eigenvalue weighted by Crippen LogP contribution is -2.36. The predicted molar refractivity (Wildman–Crippen MR) is 109 cm³/mol. The number of aliphatic imine (C=N–C) groups is 1. The van der Waals surface area contributed by atoms with Crippen molar-refractivity contribution in [3.63, 3.8) is 0 Å². The quantitative estimate of drug-likeness (QED) is 0.754. The van der Waals surface area contributed by atoms with Gasteiger partial charge in [-0.3, -0.25) is 4.99 Å². The van der Waals surface area contributed by atoms with Crippen molar-refractivity contribution in [3.05, 3.63) is 53.3 Å². The molecule has 2 aromatic rings. The molecule has 0 bridgehead atoms. The van der Waals surface area contributed by atoms with Gasteiger partial charge in [0.05, 0.1) is 24.6 Å². The molecule has 2 aromatic carbocycles. The Bertz CT molecular complexity index is 807. The van der Waals surface area contributed by atoms with Crippen molar-refractivity contribution in [3.8, 4) is 0 Å². The van der Waals surface area contributed by atoms with Crippen LogP contribution in [0.15, 0.2) is 41.4 Å². The van der Waals surface area contributed by atoms with Gasteiger partial charge < -0.3 is 14.5 Å². The van der Waals surface area contributed by atoms with Crippen molar-refractivity contribution in [2.45, 2.75) is 19.8 Å². The number of ether oxygens (including phenoxy) is 1. The summed E-state index contributed by atoms with van der Waals surface area (Å²) in [5.41, 5.74) is 4.65. The lowest BCUT2D eigenvalue weighted by Gasteiger charge is -2.28. The molecule has 0 unspecified atom stereocenters. The van der Waals surface area contributed by atoms with Gasteiger partial charge in [-0.1, -0.05) is 0 Å². The summed E-state index contributed by atoms with van der Waals surface area (Å²) in [4.78, 5) is 8.99. The zero-order chi connectivity index (χ0) is 18.6. The number of hydrogen-bond donors (Lipinski definition) is 0. The van der Waals surface area contributed by atoms with Crippen LogP contribution in [0, 0.1) is 12.7 Å². The van der Waals surface area contributed by atoms with Crippen LogP contribution in [0.4, 0.5) is 21.5 Å². The highest BCUT2D eigenvalue weighted by molar-refractivity contribution is 5.85. The number of rotatable bonds is 4. The molecule has 0 N–H and O–H groups in total. The average Bonchev–Trinajstić information content (AvgIpc) is 3.24. The summed E-state index contributed by atoms with van der Waals surface area (Å²) < 4.78 is 19.9. The molecule has 0 amide bonds. The fourth-order valence-electron chi connectivity index (χ4n) is 3.74. The maximum Gasteiger partial charge on any atom is 0.147 e. The van der Waals surface area contributed by atoms with E-state index in [-0.39, 0.29) is 5.82 Å². The first kappa shape index (κ1) is 18.0. The minimum absolute atomic E-state index is 0.161. The Balaban J connectivity index is 1.48. The first-order chi connectivity index (χ1) is 13.2. The van der Waals surface area contributed by atoms with Crippen LogP contribution < -0.4 is 9.80 Å². The van der Waals surface area contributed by atoms with Gasteiger partial charge in [-0.15, -0.1) is 0 Å². The largest absolute Gasteiger partial charge is 0.378 e. The molecule has 2 saturated heterocycles. The van der Waals surface area contributed by atoms with E-state index < -0.39 is 0 Å². The van der Waals surface area contributed by atoms with Crippen LogP contribution in [0.5, 0.6) is 0 Å². The second kappa shape index (κ2) is 8.09. The van der Waals surface area contributed by atoms with E-state index in [4.69, 9.17) is 4.74 Å². The summed E-state index contributed by atoms with van der Waals surface area (Å²) in [6, 6.07) is 11.7. The lowest BCUT2D eigenvalue weighted by atomic mass is 10.1. The Morgan fingerprint density at radius 1 is 0.963 bits per heavy atom. The van der Waals surface area contributed by atoms with E-state index in [0.29, 0.717) is 0 Å². The van der Waals surface area contributed by atoms with Crippen LogP contribution in [0.1, 0.15) is 24.0 Å². The van der Waals surface area contributed by atoms with E-state index in [2.05, 4.69) is 26.9 Å². The maximum atomic E-state index is 14.5. The highest BCUT2D eigenvalue weighted by Gasteiger charge is 2.17. The van der Waals surface area contributed by atoms with Gasteiger partial charge in [-0.05, 0) is 67.3 Å². The highest BCUT2D eigenvalue weighted by atomic mass is 19.1. The summed E-state index contributed by atoms with van der Waals surface area (Å²) in [6.45, 7) is 7.30. The van der Waals surface area contributed by atoms with E-state index in [1.54, 1.807) is 12.3 Å². The summed E-state index contributed by atoms with van der Waals surface area (Å²) in [5, 5.41) is 0. The van der Waals surface area contributed by atoms with Crippen molar-refractivity contribution >= 4 is 23.3 Å². The molecule has 0 saturated carbocycles. The van der Waals surface area contributed by atoms with Crippen LogP contribution in [-0.4, -0.2) is 45.6 Å². The summed E-state index contributed by atoms with van der Waals surface area (Å²) in [6.07, 6.45) is 4.04. The predicted octanol–water partition coefficient (Wildman–Crippen LogP) is 4.32. The summed E-state index contributed by atoms with van der Waals surface area (Å²) in [7, 11) is 0. The van der Waals surface area contributed by atoms with E-state index in [0.717, 1.165) is 74.7 Å². The van der Waals surface area contributed by atoms with Gasteiger partial charge in [0.2, 0.25) is 0 Å². The van der Waals surface area contributed by atoms with Crippen molar-refractivity contribution in [1.82, 2.24) is 0 Å². The first-order valence-corrected chi connectivity index (χ1v) is 9.73. The van der Waals surface area contributed by atoms with Gasteiger partial charge in [0.1, 0.15) is 5.82 Å². The third-order valence-corrected chi connectivity index (χ3v) is 5.36. The topological polar surface area (TPSA) is 28.1 Å². The van der Waals surface area contributed by atoms with Gasteiger partial charge in [0.25, 0.3) is 0 Å². The number of halogens is 1. The highest BCUT2D eigenvalue weighted by Crippen LogP contribution is 2.27. The van der Waals surface area contributed by atoms with Gasteiger partial charge in [0.15, 0.2) is 0 Å². The number of aryl methyl sites for hydroxylation is 1. The molecule has 2 aliphatic rings. The molecule has 0 aliphatic carbocycles. The molecule has 27 heavy (non-hydrogen) atoms. The monoisotopic (exact) mass is 367 g/mol. The summed E-state index contributed by atoms with van der Waals surface area (Å²) in [5.74, 6) is -0.161. The molecule has 0 radical (unpaired) electrons. The van der Waals surface area contributed by atoms with E-state index in [9.17, 15) is 4.39 Å². The van der Waals surface area contributed by atoms with Crippen molar-refractivity contribution in [2.24, 2.45) is 4.99 Å². The van der Waals surface area contributed by atoms with Gasteiger partial charge in [0, 0.05) is 38.1 Å². The minimum atomic E-state index is -0.161. The van der Waals surface area contributed by atoms with Crippen molar-refractivity contribution in [2.75, 3.05) is 49.2 Å². The zero-order valence-electron chi connectivity index (χ0n) is 15.8. The maximum absolute atomic E-state index is 14.5. The van der Waals surface area contributed by atoms with Gasteiger partial charge in [-0.25, -0.2) is 4.39 Å². The van der Waals surface area contributed by atoms with E-state index >= 15 is 0 Å². The molecule has 142 valence electrons. The fraction of sp³-hybridized carbons (Fsp3) is 0.409. The molecule has 2 heterocycles. The second-order valence-corrected chi connectivity index (χ2v) is 7.23. The molecule has 4 nitrogen and oxygen atoms in total. The lowest BCUT2D eigenvalue weighted by molar-refractivity contribution is 0.122. The molecule has 5 heteroatoms. The summed E-state index contributed by atoms with van der Waals surface area (Å²) >= 11 is 0. The van der Waals surface area contributed by atoms with Crippen LogP contribution in [0.2, 0.25) is 0 Å². The molecule has 0 atom stereocenters. The normalized spacial score (nSPS) is 17.9. The van der Waals surface area contributed by atoms with E-state index in [1.165, 1.54) is 5.69 Å². The van der Waals surface area contributed by atoms with Crippen LogP contribution >= 0.6 is 0 Å². The number of nitrogens with zero attached hydrogens (tertiary/aromatic N) is 3. The first-order valence-electron chi connectivity index (χ1n) is 9.73. The molecule has 2 aliphatic heterocycles. The standard InChI is InChI=1S/C22H26FN3O/c1-17-14-22(26-8-2-3-9-26)21(23)15-18(17)16-24-19-4-6-20(7-5-19)25-10-12-27-13-11-25/h4-7,14-16H,2-3,8-13H2,1H3. The Morgan fingerprint density at radius 2 is 1.67 bits per heavy atom. The second-order valence-electron chi connectivity index (χ2n) is 7.23. The molecule has 0 spiro atoms. The Kier molecular flexibility index (Phi) is 5.39. The van der Waals surface area contributed by atoms with Gasteiger partial charge in [-0.2, -0.15) is 0 Å². The molecular weight excluding hydrogens is 341 g/mol. The molecular formula is C22H26FN3O. The van der Waals surface area contributed by atoms with Gasteiger partial charge >= 0.3 is 0 Å². The molecule has 2 fully saturated rings. The van der Waals surface area contributed by atoms with Crippen molar-refractivity contribution < 1.29 is 9.13 Å². The van der Waals surface area contributed by atoms with E-state index in [1.807, 2.05) is 25.1 Å². The number of morpholine rings is 1. The smallest absolute Gasteiger partial charge is 0.147 e. The van der Waals surface area contributed by atoms with Crippen molar-refractivity contribution in [1.29, 1.82) is 0 Å². The third kappa shape index (κ3) is 4.14. The molecule has 0 aromatic heterocycles. The SMILES string of the molecule is Cc1cc(N2CCCC2)c(F)cc1C=Nc1ccc(N2CCOCC2)cc1. The number of anilines is 2. The van der Waals surface area contributed by atoms with Crippen LogP contribution in [0.3, 0.4) is 0 Å². The van der Waals surface area contributed by atoms with Crippen LogP contribution in [0.25, 0.3) is 0 Å². The fourth-order valence-corrected chi connectivity index (χ4v) is 3.74. The Morgan fingerprint density at radius 3 is 2.37 bits per heavy atom. The molecule has 4 rings (SSSR count).